The molecule has 0 aromatic carbocycles. The van der Waals surface area contributed by atoms with Gasteiger partial charge < -0.3 is 5.11 Å². The van der Waals surface area contributed by atoms with Crippen LogP contribution in [0.4, 0.5) is 0 Å². The smallest absolute Gasteiger partial charge is 0.355 e. The number of hydrogen-bond donors (Lipinski definition) is 1. The van der Waals surface area contributed by atoms with Gasteiger partial charge in [-0.25, -0.2) is 13.2 Å². The molecule has 14 heavy (non-hydrogen) atoms. The summed E-state index contributed by atoms with van der Waals surface area (Å²) in [5.74, 6) is -1.22. The van der Waals surface area contributed by atoms with Crippen LogP contribution >= 0.6 is 11.5 Å². The van der Waals surface area contributed by atoms with E-state index < -0.39 is 15.8 Å². The van der Waals surface area contributed by atoms with Gasteiger partial charge in [-0.15, -0.1) is 0 Å². The van der Waals surface area contributed by atoms with Gasteiger partial charge in [0.2, 0.25) is 0 Å². The van der Waals surface area contributed by atoms with Gasteiger partial charge in [0.25, 0.3) is 0 Å². The van der Waals surface area contributed by atoms with Crippen molar-refractivity contribution < 1.29 is 18.3 Å². The van der Waals surface area contributed by atoms with Gasteiger partial charge in [-0.3, -0.25) is 0 Å². The second-order valence-corrected chi connectivity index (χ2v) is 5.90. The number of rotatable bonds is 4. The predicted molar refractivity (Wildman–Crippen MR) is 52.2 cm³/mol. The molecule has 0 aliphatic rings. The maximum absolute atomic E-state index is 11.2. The summed E-state index contributed by atoms with van der Waals surface area (Å²) < 4.78 is 26.0. The highest BCUT2D eigenvalue weighted by Gasteiger charge is 2.14. The summed E-state index contributed by atoms with van der Waals surface area (Å²) in [5, 5.41) is 8.55. The number of carbonyl (C=O) groups is 1. The van der Waals surface area contributed by atoms with Gasteiger partial charge >= 0.3 is 5.97 Å². The minimum Gasteiger partial charge on any atom is -0.476 e. The molecule has 0 saturated carbocycles. The number of hydrogen-bond acceptors (Lipinski definition) is 5. The summed E-state index contributed by atoms with van der Waals surface area (Å²) in [7, 11) is -3.11. The van der Waals surface area contributed by atoms with Crippen molar-refractivity contribution in [2.24, 2.45) is 0 Å². The highest BCUT2D eigenvalue weighted by atomic mass is 32.2. The van der Waals surface area contributed by atoms with Crippen molar-refractivity contribution in [2.45, 2.75) is 12.7 Å². The molecule has 5 nitrogen and oxygen atoms in total. The van der Waals surface area contributed by atoms with E-state index in [1.807, 2.05) is 0 Å². The Morgan fingerprint density at radius 3 is 2.71 bits per heavy atom. The van der Waals surface area contributed by atoms with Crippen LogP contribution in [0.1, 0.15) is 22.3 Å². The van der Waals surface area contributed by atoms with Crippen molar-refractivity contribution in [3.8, 4) is 0 Å². The number of sulfone groups is 1. The topological polar surface area (TPSA) is 84.3 Å². The zero-order chi connectivity index (χ0) is 10.8. The van der Waals surface area contributed by atoms with Gasteiger partial charge in [0.1, 0.15) is 0 Å². The molecule has 0 saturated heterocycles. The lowest BCUT2D eigenvalue weighted by molar-refractivity contribution is 0.0692. The van der Waals surface area contributed by atoms with Crippen LogP contribution in [-0.4, -0.2) is 29.6 Å². The van der Waals surface area contributed by atoms with Crippen molar-refractivity contribution in [3.05, 3.63) is 16.6 Å². The molecule has 7 heteroatoms. The third-order valence-electron chi connectivity index (χ3n) is 1.58. The van der Waals surface area contributed by atoms with Crippen LogP contribution in [0, 0.1) is 0 Å². The molecule has 1 N–H and O–H groups in total. The van der Waals surface area contributed by atoms with Crippen LogP contribution in [0.15, 0.2) is 6.07 Å². The molecular formula is C7H9NO4S2. The van der Waals surface area contributed by atoms with Gasteiger partial charge in [0.05, 0.1) is 5.75 Å². The minimum atomic E-state index is -3.11. The lowest BCUT2D eigenvalue weighted by atomic mass is 10.4. The normalized spacial score (nSPS) is 11.5. The van der Waals surface area contributed by atoms with E-state index in [1.54, 1.807) is 6.92 Å². The summed E-state index contributed by atoms with van der Waals surface area (Å²) in [6.45, 7) is 1.55. The largest absolute Gasteiger partial charge is 0.476 e. The fraction of sp³-hybridized carbons (Fsp3) is 0.429. The number of carboxylic acids is 1. The van der Waals surface area contributed by atoms with Crippen molar-refractivity contribution in [2.75, 3.05) is 5.75 Å². The minimum absolute atomic E-state index is 0.0489. The van der Waals surface area contributed by atoms with E-state index >= 15 is 0 Å². The Morgan fingerprint density at radius 1 is 1.64 bits per heavy atom. The van der Waals surface area contributed by atoms with Gasteiger partial charge in [-0.1, -0.05) is 6.92 Å². The fourth-order valence-electron chi connectivity index (χ4n) is 0.801. The summed E-state index contributed by atoms with van der Waals surface area (Å²) in [6, 6.07) is 1.29. The van der Waals surface area contributed by atoms with E-state index in [-0.39, 0.29) is 17.2 Å². The second kappa shape index (κ2) is 4.05. The highest BCUT2D eigenvalue weighted by Crippen LogP contribution is 2.13. The standard InChI is InChI=1S/C7H9NO4S2/c1-2-14(11,12)4-5-3-6(7(9)10)8-13-5/h3H,2,4H2,1H3,(H,9,10). The first-order chi connectivity index (χ1) is 6.44. The molecule has 0 fully saturated rings. The molecule has 0 atom stereocenters. The Bertz CT molecular complexity index is 434. The lowest BCUT2D eigenvalue weighted by Gasteiger charge is -1.95. The molecular weight excluding hydrogens is 226 g/mol. The van der Waals surface area contributed by atoms with Crippen molar-refractivity contribution >= 4 is 27.3 Å². The number of aromatic nitrogens is 1. The average molecular weight is 235 g/mol. The molecule has 1 aromatic heterocycles. The Kier molecular flexibility index (Phi) is 3.22. The Balaban J connectivity index is 2.84. The third-order valence-corrected chi connectivity index (χ3v) is 4.18. The molecule has 0 amide bonds. The molecule has 0 aliphatic carbocycles. The highest BCUT2D eigenvalue weighted by molar-refractivity contribution is 7.90. The van der Waals surface area contributed by atoms with E-state index in [0.717, 1.165) is 11.5 Å². The molecule has 78 valence electrons. The summed E-state index contributed by atoms with van der Waals surface area (Å²) >= 11 is 0.910. The number of aromatic carboxylic acids is 1. The van der Waals surface area contributed by atoms with E-state index in [2.05, 4.69) is 4.37 Å². The first kappa shape index (κ1) is 11.1. The van der Waals surface area contributed by atoms with Crippen LogP contribution in [0.2, 0.25) is 0 Å². The number of nitrogens with zero attached hydrogens (tertiary/aromatic N) is 1. The Hall–Kier alpha value is -0.950. The molecule has 0 radical (unpaired) electrons. The Morgan fingerprint density at radius 2 is 2.29 bits per heavy atom. The van der Waals surface area contributed by atoms with E-state index in [9.17, 15) is 13.2 Å². The van der Waals surface area contributed by atoms with E-state index in [4.69, 9.17) is 5.11 Å². The van der Waals surface area contributed by atoms with E-state index in [1.165, 1.54) is 6.07 Å². The van der Waals surface area contributed by atoms with Gasteiger partial charge in [-0.05, 0) is 17.6 Å². The fourth-order valence-corrected chi connectivity index (χ4v) is 2.78. The second-order valence-electron chi connectivity index (χ2n) is 2.66. The summed E-state index contributed by atoms with van der Waals surface area (Å²) in [6.07, 6.45) is 0. The van der Waals surface area contributed by atoms with Gasteiger partial charge in [0.15, 0.2) is 15.5 Å². The summed E-state index contributed by atoms with van der Waals surface area (Å²) in [5.41, 5.74) is -0.101. The SMILES string of the molecule is CCS(=O)(=O)Cc1cc(C(=O)O)ns1. The monoisotopic (exact) mass is 235 g/mol. The van der Waals surface area contributed by atoms with Crippen molar-refractivity contribution in [1.29, 1.82) is 0 Å². The molecule has 0 bridgehead atoms. The zero-order valence-electron chi connectivity index (χ0n) is 7.43. The average Bonchev–Trinajstić information content (AvgIpc) is 2.52. The first-order valence-corrected chi connectivity index (χ1v) is 6.43. The summed E-state index contributed by atoms with van der Waals surface area (Å²) in [4.78, 5) is 10.9. The molecule has 0 aliphatic heterocycles. The third kappa shape index (κ3) is 2.78. The molecule has 1 rings (SSSR count). The maximum Gasteiger partial charge on any atom is 0.355 e. The van der Waals surface area contributed by atoms with Crippen molar-refractivity contribution in [1.82, 2.24) is 4.37 Å². The first-order valence-electron chi connectivity index (χ1n) is 3.84. The molecule has 1 heterocycles. The van der Waals surface area contributed by atoms with Crippen LogP contribution < -0.4 is 0 Å². The van der Waals surface area contributed by atoms with Crippen molar-refractivity contribution in [3.63, 3.8) is 0 Å². The zero-order valence-corrected chi connectivity index (χ0v) is 9.06. The van der Waals surface area contributed by atoms with Crippen LogP contribution in [-0.2, 0) is 15.6 Å². The van der Waals surface area contributed by atoms with Gasteiger partial charge in [0, 0.05) is 10.6 Å². The molecule has 0 spiro atoms. The Labute approximate surface area is 85.5 Å². The van der Waals surface area contributed by atoms with Crippen LogP contribution in [0.3, 0.4) is 0 Å². The molecule has 1 aromatic rings. The quantitative estimate of drug-likeness (QED) is 0.833. The number of carboxylic acid groups (broad SMARTS) is 1. The lowest BCUT2D eigenvalue weighted by Crippen LogP contribution is -2.05. The van der Waals surface area contributed by atoms with Crippen LogP contribution in [0.5, 0.6) is 0 Å². The van der Waals surface area contributed by atoms with E-state index in [0.29, 0.717) is 4.88 Å². The predicted octanol–water partition coefficient (Wildman–Crippen LogP) is 0.776. The van der Waals surface area contributed by atoms with Gasteiger partial charge in [-0.2, -0.15) is 4.37 Å². The maximum atomic E-state index is 11.2. The van der Waals surface area contributed by atoms with Crippen LogP contribution in [0.25, 0.3) is 0 Å². The molecule has 0 unspecified atom stereocenters.